The van der Waals surface area contributed by atoms with Crippen molar-refractivity contribution in [2.24, 2.45) is 17.8 Å². The number of esters is 1. The Bertz CT molecular complexity index is 1230. The number of nitrogens with zero attached hydrogens (tertiary/aromatic N) is 2. The fourth-order valence-corrected chi connectivity index (χ4v) is 6.45. The Labute approximate surface area is 205 Å². The molecule has 0 N–H and O–H groups in total. The van der Waals surface area contributed by atoms with Crippen molar-refractivity contribution in [3.05, 3.63) is 70.4 Å². The molecule has 3 aromatic rings. The molecule has 1 aliphatic heterocycles. The zero-order valence-electron chi connectivity index (χ0n) is 20.0. The van der Waals surface area contributed by atoms with Crippen LogP contribution in [0.3, 0.4) is 0 Å². The van der Waals surface area contributed by atoms with Gasteiger partial charge in [-0.25, -0.2) is 0 Å². The molecule has 1 aliphatic carbocycles. The largest absolute Gasteiger partial charge is 0.469 e. The van der Waals surface area contributed by atoms with Gasteiger partial charge >= 0.3 is 5.97 Å². The van der Waals surface area contributed by atoms with Crippen LogP contribution in [-0.2, 0) is 22.5 Å². The van der Waals surface area contributed by atoms with Crippen LogP contribution in [-0.4, -0.2) is 48.0 Å². The zero-order valence-corrected chi connectivity index (χ0v) is 20.7. The molecule has 1 unspecified atom stereocenters. The SMILES string of the molecule is CC[C@H]1CN(C)[C@H]2Cc3c(n(Cc4ccc(Cl)cc4)c4ccccc34)C(=O)C[C@H]1C2C(=O)OC. The van der Waals surface area contributed by atoms with Gasteiger partial charge in [0.25, 0.3) is 0 Å². The summed E-state index contributed by atoms with van der Waals surface area (Å²) < 4.78 is 7.45. The van der Waals surface area contributed by atoms with E-state index in [9.17, 15) is 9.59 Å². The lowest BCUT2D eigenvalue weighted by Crippen LogP contribution is -2.56. The molecule has 1 fully saturated rings. The van der Waals surface area contributed by atoms with E-state index in [1.165, 1.54) is 7.11 Å². The summed E-state index contributed by atoms with van der Waals surface area (Å²) in [6, 6.07) is 16.0. The van der Waals surface area contributed by atoms with Crippen LogP contribution < -0.4 is 0 Å². The first-order chi connectivity index (χ1) is 16.4. The minimum atomic E-state index is -0.302. The van der Waals surface area contributed by atoms with Crippen LogP contribution in [0.15, 0.2) is 48.5 Å². The maximum atomic E-state index is 14.0. The number of hydrogen-bond acceptors (Lipinski definition) is 4. The molecule has 34 heavy (non-hydrogen) atoms. The van der Waals surface area contributed by atoms with Crippen molar-refractivity contribution in [2.75, 3.05) is 20.7 Å². The van der Waals surface area contributed by atoms with E-state index in [2.05, 4.69) is 35.6 Å². The Kier molecular flexibility index (Phi) is 6.26. The molecule has 6 heteroatoms. The molecule has 1 aromatic heterocycles. The minimum Gasteiger partial charge on any atom is -0.469 e. The van der Waals surface area contributed by atoms with Gasteiger partial charge in [-0.2, -0.15) is 0 Å². The van der Waals surface area contributed by atoms with Crippen LogP contribution >= 0.6 is 11.6 Å². The molecule has 2 heterocycles. The van der Waals surface area contributed by atoms with Crippen LogP contribution in [0.4, 0.5) is 0 Å². The molecule has 178 valence electrons. The van der Waals surface area contributed by atoms with Crippen molar-refractivity contribution < 1.29 is 14.3 Å². The number of ether oxygens (including phenoxy) is 1. The van der Waals surface area contributed by atoms with Gasteiger partial charge in [0.05, 0.1) is 18.7 Å². The van der Waals surface area contributed by atoms with Crippen molar-refractivity contribution in [3.63, 3.8) is 0 Å². The third kappa shape index (κ3) is 3.85. The molecule has 5 rings (SSSR count). The number of carbonyl (C=O) groups is 2. The number of rotatable bonds is 4. The lowest BCUT2D eigenvalue weighted by atomic mass is 9.67. The number of likely N-dealkylation sites (tertiary alicyclic amines) is 1. The first-order valence-corrected chi connectivity index (χ1v) is 12.5. The molecule has 4 atom stereocenters. The summed E-state index contributed by atoms with van der Waals surface area (Å²) >= 11 is 6.11. The Morgan fingerprint density at radius 3 is 2.56 bits per heavy atom. The second-order valence-electron chi connectivity index (χ2n) is 9.78. The number of Topliss-reactive ketones (excluding diaryl/α,β-unsaturated/α-hetero) is 1. The molecule has 5 nitrogen and oxygen atoms in total. The number of fused-ring (bicyclic) bond motifs is 5. The van der Waals surface area contributed by atoms with Crippen molar-refractivity contribution in [1.82, 2.24) is 9.47 Å². The fourth-order valence-electron chi connectivity index (χ4n) is 6.33. The Hall–Kier alpha value is -2.63. The van der Waals surface area contributed by atoms with E-state index in [-0.39, 0.29) is 35.5 Å². The van der Waals surface area contributed by atoms with Gasteiger partial charge in [0.1, 0.15) is 0 Å². The third-order valence-corrected chi connectivity index (χ3v) is 8.25. The first-order valence-electron chi connectivity index (χ1n) is 12.1. The molecular weight excluding hydrogens is 448 g/mol. The summed E-state index contributed by atoms with van der Waals surface area (Å²) in [7, 11) is 3.57. The maximum absolute atomic E-state index is 14.0. The molecule has 0 radical (unpaired) electrons. The second-order valence-corrected chi connectivity index (χ2v) is 10.2. The number of para-hydroxylation sites is 1. The molecule has 2 aromatic carbocycles. The van der Waals surface area contributed by atoms with E-state index < -0.39 is 0 Å². The highest BCUT2D eigenvalue weighted by Gasteiger charge is 2.49. The lowest BCUT2D eigenvalue weighted by Gasteiger charge is -2.48. The number of methoxy groups -OCH3 is 1. The van der Waals surface area contributed by atoms with Gasteiger partial charge in [0, 0.05) is 41.5 Å². The average Bonchev–Trinajstić information content (AvgIpc) is 3.14. The molecule has 2 bridgehead atoms. The van der Waals surface area contributed by atoms with Crippen LogP contribution in [0.2, 0.25) is 5.02 Å². The second kappa shape index (κ2) is 9.20. The van der Waals surface area contributed by atoms with E-state index in [0.717, 1.165) is 40.7 Å². The molecular formula is C28H31ClN2O3. The Morgan fingerprint density at radius 2 is 1.85 bits per heavy atom. The summed E-state index contributed by atoms with van der Waals surface area (Å²) in [5.41, 5.74) is 3.99. The van der Waals surface area contributed by atoms with Crippen molar-refractivity contribution in [2.45, 2.75) is 38.8 Å². The number of benzene rings is 2. The van der Waals surface area contributed by atoms with E-state index in [0.29, 0.717) is 24.4 Å². The normalized spacial score (nSPS) is 25.0. The molecule has 1 saturated heterocycles. The van der Waals surface area contributed by atoms with Crippen LogP contribution in [0.1, 0.15) is 41.4 Å². The van der Waals surface area contributed by atoms with Crippen LogP contribution in [0.25, 0.3) is 10.9 Å². The van der Waals surface area contributed by atoms with E-state index >= 15 is 0 Å². The summed E-state index contributed by atoms with van der Waals surface area (Å²) in [5, 5.41) is 1.79. The fraction of sp³-hybridized carbons (Fsp3) is 0.429. The van der Waals surface area contributed by atoms with Crippen molar-refractivity contribution in [1.29, 1.82) is 0 Å². The van der Waals surface area contributed by atoms with Gasteiger partial charge in [-0.3, -0.25) is 9.59 Å². The van der Waals surface area contributed by atoms with Gasteiger partial charge in [0.2, 0.25) is 0 Å². The standard InChI is InChI=1S/C28H31ClN2O3/c1-4-18-16-30(2)24-13-22-20-7-5-6-8-23(20)31(15-17-9-11-19(29)12-10-17)27(22)25(32)14-21(18)26(24)28(33)34-3/h5-12,18,21,24,26H,4,13-16H2,1-3H3/t18-,21+,24-,26?/m0/s1. The number of piperidine rings is 1. The highest BCUT2D eigenvalue weighted by molar-refractivity contribution is 6.30. The quantitative estimate of drug-likeness (QED) is 0.482. The van der Waals surface area contributed by atoms with E-state index in [1.54, 1.807) is 0 Å². The Balaban J connectivity index is 1.69. The molecule has 0 saturated carbocycles. The predicted molar refractivity (Wildman–Crippen MR) is 134 cm³/mol. The predicted octanol–water partition coefficient (Wildman–Crippen LogP) is 5.22. The van der Waals surface area contributed by atoms with Crippen molar-refractivity contribution >= 4 is 34.3 Å². The third-order valence-electron chi connectivity index (χ3n) is 8.00. The number of ketones is 1. The molecule has 0 spiro atoms. The number of likely N-dealkylation sites (N-methyl/N-ethyl adjacent to an activating group) is 1. The van der Waals surface area contributed by atoms with Gasteiger partial charge in [-0.1, -0.05) is 55.3 Å². The minimum absolute atomic E-state index is 0.00175. The van der Waals surface area contributed by atoms with Gasteiger partial charge in [-0.05, 0) is 54.6 Å². The smallest absolute Gasteiger partial charge is 0.310 e. The molecule has 0 amide bonds. The summed E-state index contributed by atoms with van der Waals surface area (Å²) in [4.78, 5) is 29.3. The van der Waals surface area contributed by atoms with Crippen LogP contribution in [0, 0.1) is 17.8 Å². The van der Waals surface area contributed by atoms with E-state index in [1.807, 2.05) is 36.4 Å². The summed E-state index contributed by atoms with van der Waals surface area (Å²) in [6.45, 7) is 3.65. The Morgan fingerprint density at radius 1 is 1.12 bits per heavy atom. The topological polar surface area (TPSA) is 51.5 Å². The number of aromatic nitrogens is 1. The number of carbonyl (C=O) groups excluding carboxylic acids is 2. The lowest BCUT2D eigenvalue weighted by molar-refractivity contribution is -0.154. The van der Waals surface area contributed by atoms with Gasteiger partial charge in [0.15, 0.2) is 5.78 Å². The monoisotopic (exact) mass is 478 g/mol. The van der Waals surface area contributed by atoms with E-state index in [4.69, 9.17) is 16.3 Å². The summed E-state index contributed by atoms with van der Waals surface area (Å²) in [6.07, 6.45) is 1.95. The van der Waals surface area contributed by atoms with Crippen LogP contribution in [0.5, 0.6) is 0 Å². The average molecular weight is 479 g/mol. The van der Waals surface area contributed by atoms with Gasteiger partial charge < -0.3 is 14.2 Å². The number of hydrogen-bond donors (Lipinski definition) is 0. The molecule has 2 aliphatic rings. The highest BCUT2D eigenvalue weighted by Crippen LogP contribution is 2.43. The summed E-state index contributed by atoms with van der Waals surface area (Å²) in [5.74, 6) is -0.0999. The van der Waals surface area contributed by atoms with Crippen molar-refractivity contribution in [3.8, 4) is 0 Å². The first kappa shape index (κ1) is 23.1. The maximum Gasteiger partial charge on any atom is 0.310 e. The highest BCUT2D eigenvalue weighted by atomic mass is 35.5. The zero-order chi connectivity index (χ0) is 24.0. The van der Waals surface area contributed by atoms with Gasteiger partial charge in [-0.15, -0.1) is 0 Å². The number of halogens is 1.